The number of carbonyl (C=O) groups excluding carboxylic acids is 1. The summed E-state index contributed by atoms with van der Waals surface area (Å²) in [6.07, 6.45) is 1.72. The van der Waals surface area contributed by atoms with E-state index in [4.69, 9.17) is 4.74 Å². The average molecular weight is 364 g/mol. The summed E-state index contributed by atoms with van der Waals surface area (Å²) < 4.78 is 5.40. The van der Waals surface area contributed by atoms with E-state index in [2.05, 4.69) is 20.8 Å². The highest BCUT2D eigenvalue weighted by Gasteiger charge is 2.14. The van der Waals surface area contributed by atoms with E-state index in [0.29, 0.717) is 6.54 Å². The summed E-state index contributed by atoms with van der Waals surface area (Å²) in [5.41, 5.74) is 5.12. The number of hydrogen-bond donors (Lipinski definition) is 3. The van der Waals surface area contributed by atoms with E-state index >= 15 is 0 Å². The van der Waals surface area contributed by atoms with Gasteiger partial charge in [-0.15, -0.1) is 0 Å². The van der Waals surface area contributed by atoms with Gasteiger partial charge in [0.15, 0.2) is 0 Å². The maximum atomic E-state index is 12.3. The van der Waals surface area contributed by atoms with E-state index in [1.807, 2.05) is 62.4 Å². The summed E-state index contributed by atoms with van der Waals surface area (Å²) >= 11 is 0. The van der Waals surface area contributed by atoms with Crippen molar-refractivity contribution in [2.75, 3.05) is 7.11 Å². The Labute approximate surface area is 159 Å². The molecule has 0 aliphatic carbocycles. The van der Waals surface area contributed by atoms with E-state index in [-0.39, 0.29) is 12.1 Å². The molecule has 3 aromatic rings. The highest BCUT2D eigenvalue weighted by Crippen LogP contribution is 2.26. The molecule has 3 rings (SSSR count). The van der Waals surface area contributed by atoms with Gasteiger partial charge >= 0.3 is 6.03 Å². The van der Waals surface area contributed by atoms with E-state index in [9.17, 15) is 4.79 Å². The topological polar surface area (TPSA) is 79.0 Å². The van der Waals surface area contributed by atoms with Gasteiger partial charge < -0.3 is 15.4 Å². The first kappa shape index (κ1) is 18.5. The second-order valence-electron chi connectivity index (χ2n) is 6.46. The molecule has 0 spiro atoms. The van der Waals surface area contributed by atoms with Gasteiger partial charge in [-0.25, -0.2) is 4.79 Å². The summed E-state index contributed by atoms with van der Waals surface area (Å²) in [4.78, 5) is 12.3. The molecule has 6 heteroatoms. The number of amides is 2. The average Bonchev–Trinajstić information content (AvgIpc) is 3.21. The van der Waals surface area contributed by atoms with E-state index in [0.717, 1.165) is 33.7 Å². The van der Waals surface area contributed by atoms with Gasteiger partial charge in [0, 0.05) is 18.3 Å². The highest BCUT2D eigenvalue weighted by atomic mass is 16.5. The lowest BCUT2D eigenvalue weighted by atomic mass is 10.0. The number of aromatic nitrogens is 2. The van der Waals surface area contributed by atoms with Gasteiger partial charge in [0.25, 0.3) is 0 Å². The maximum absolute atomic E-state index is 12.3. The zero-order chi connectivity index (χ0) is 19.2. The van der Waals surface area contributed by atoms with Crippen LogP contribution >= 0.6 is 0 Å². The Morgan fingerprint density at radius 2 is 1.96 bits per heavy atom. The van der Waals surface area contributed by atoms with Gasteiger partial charge in [-0.2, -0.15) is 5.10 Å². The van der Waals surface area contributed by atoms with Gasteiger partial charge in [0.05, 0.1) is 18.8 Å². The van der Waals surface area contributed by atoms with Crippen LogP contribution in [-0.4, -0.2) is 23.3 Å². The molecule has 0 aliphatic rings. The fraction of sp³-hybridized carbons (Fsp3) is 0.238. The zero-order valence-corrected chi connectivity index (χ0v) is 15.7. The number of nitrogens with zero attached hydrogens (tertiary/aromatic N) is 1. The molecule has 3 N–H and O–H groups in total. The van der Waals surface area contributed by atoms with Gasteiger partial charge in [-0.3, -0.25) is 5.10 Å². The number of methoxy groups -OCH3 is 1. The van der Waals surface area contributed by atoms with Crippen LogP contribution in [0.3, 0.4) is 0 Å². The van der Waals surface area contributed by atoms with Crippen LogP contribution in [0, 0.1) is 6.92 Å². The van der Waals surface area contributed by atoms with E-state index in [1.165, 1.54) is 0 Å². The minimum atomic E-state index is -0.219. The third kappa shape index (κ3) is 4.67. The van der Waals surface area contributed by atoms with Crippen LogP contribution in [0.15, 0.2) is 54.7 Å². The van der Waals surface area contributed by atoms with Crippen molar-refractivity contribution in [1.82, 2.24) is 20.8 Å². The number of urea groups is 1. The molecule has 27 heavy (non-hydrogen) atoms. The fourth-order valence-corrected chi connectivity index (χ4v) is 2.92. The summed E-state index contributed by atoms with van der Waals surface area (Å²) in [6.45, 7) is 4.41. The Morgan fingerprint density at radius 3 is 2.63 bits per heavy atom. The molecule has 2 aromatic carbocycles. The third-order valence-corrected chi connectivity index (χ3v) is 4.42. The van der Waals surface area contributed by atoms with Crippen LogP contribution in [0.1, 0.15) is 29.7 Å². The molecule has 1 heterocycles. The number of nitrogens with one attached hydrogen (secondary N) is 3. The normalized spacial score (nSPS) is 11.7. The third-order valence-electron chi connectivity index (χ3n) is 4.42. The second-order valence-corrected chi connectivity index (χ2v) is 6.46. The molecular weight excluding hydrogens is 340 g/mol. The predicted octanol–water partition coefficient (Wildman–Crippen LogP) is 3.95. The molecule has 0 radical (unpaired) electrons. The molecule has 1 unspecified atom stereocenters. The Kier molecular flexibility index (Phi) is 5.76. The van der Waals surface area contributed by atoms with Crippen molar-refractivity contribution < 1.29 is 9.53 Å². The highest BCUT2D eigenvalue weighted by molar-refractivity contribution is 5.74. The molecule has 0 aliphatic heterocycles. The molecule has 140 valence electrons. The molecule has 6 nitrogen and oxygen atoms in total. The first-order valence-corrected chi connectivity index (χ1v) is 8.84. The number of aryl methyl sites for hydroxylation is 1. The Bertz CT molecular complexity index is 889. The van der Waals surface area contributed by atoms with Crippen molar-refractivity contribution in [2.24, 2.45) is 0 Å². The molecule has 0 saturated heterocycles. The van der Waals surface area contributed by atoms with Crippen LogP contribution in [-0.2, 0) is 6.54 Å². The van der Waals surface area contributed by atoms with Crippen molar-refractivity contribution in [1.29, 1.82) is 0 Å². The van der Waals surface area contributed by atoms with Crippen molar-refractivity contribution in [3.8, 4) is 17.0 Å². The summed E-state index contributed by atoms with van der Waals surface area (Å²) in [5, 5.41) is 12.7. The summed E-state index contributed by atoms with van der Waals surface area (Å²) in [7, 11) is 1.63. The lowest BCUT2D eigenvalue weighted by Gasteiger charge is -2.18. The molecular formula is C21H24N4O2. The van der Waals surface area contributed by atoms with Gasteiger partial charge in [0.2, 0.25) is 0 Å². The van der Waals surface area contributed by atoms with Crippen molar-refractivity contribution >= 4 is 6.03 Å². The number of aromatic amines is 1. The fourth-order valence-electron chi connectivity index (χ4n) is 2.92. The monoisotopic (exact) mass is 364 g/mol. The van der Waals surface area contributed by atoms with Crippen LogP contribution < -0.4 is 15.4 Å². The van der Waals surface area contributed by atoms with Crippen LogP contribution in [0.5, 0.6) is 5.75 Å². The predicted molar refractivity (Wildman–Crippen MR) is 106 cm³/mol. The lowest BCUT2D eigenvalue weighted by molar-refractivity contribution is 0.237. The SMILES string of the molecule is COc1ccc(C)cc1C(C)NC(=O)NCc1ccc(-c2ccn[nH]2)cc1. The Morgan fingerprint density at radius 1 is 1.19 bits per heavy atom. The standard InChI is InChI=1S/C21H24N4O2/c1-14-4-9-20(27-3)18(12-14)15(2)24-21(26)22-13-16-5-7-17(8-6-16)19-10-11-23-25-19/h4-12,15H,13H2,1-3H3,(H,23,25)(H2,22,24,26). The quantitative estimate of drug-likeness (QED) is 0.619. The van der Waals surface area contributed by atoms with Crippen molar-refractivity contribution in [3.05, 3.63) is 71.4 Å². The van der Waals surface area contributed by atoms with E-state index in [1.54, 1.807) is 13.3 Å². The first-order chi connectivity index (χ1) is 13.1. The number of benzene rings is 2. The minimum absolute atomic E-state index is 0.164. The molecule has 1 atom stereocenters. The van der Waals surface area contributed by atoms with E-state index < -0.39 is 0 Å². The zero-order valence-electron chi connectivity index (χ0n) is 15.7. The van der Waals surface area contributed by atoms with Crippen molar-refractivity contribution in [3.63, 3.8) is 0 Å². The molecule has 1 aromatic heterocycles. The molecule has 2 amide bonds. The number of hydrogen-bond acceptors (Lipinski definition) is 3. The molecule has 0 saturated carbocycles. The number of rotatable bonds is 6. The summed E-state index contributed by atoms with van der Waals surface area (Å²) in [6, 6.07) is 15.5. The number of H-pyrrole nitrogens is 1. The first-order valence-electron chi connectivity index (χ1n) is 8.84. The Hall–Kier alpha value is -3.28. The molecule has 0 fully saturated rings. The largest absolute Gasteiger partial charge is 0.496 e. The minimum Gasteiger partial charge on any atom is -0.496 e. The number of ether oxygens (including phenoxy) is 1. The van der Waals surface area contributed by atoms with Crippen LogP contribution in [0.4, 0.5) is 4.79 Å². The smallest absolute Gasteiger partial charge is 0.315 e. The summed E-state index contributed by atoms with van der Waals surface area (Å²) in [5.74, 6) is 0.766. The molecule has 0 bridgehead atoms. The van der Waals surface area contributed by atoms with Crippen LogP contribution in [0.25, 0.3) is 11.3 Å². The van der Waals surface area contributed by atoms with Gasteiger partial charge in [0.1, 0.15) is 5.75 Å². The van der Waals surface area contributed by atoms with Gasteiger partial charge in [-0.05, 0) is 37.1 Å². The second kappa shape index (κ2) is 8.40. The Balaban J connectivity index is 1.56. The van der Waals surface area contributed by atoms with Gasteiger partial charge in [-0.1, -0.05) is 42.0 Å². The lowest BCUT2D eigenvalue weighted by Crippen LogP contribution is -2.36. The maximum Gasteiger partial charge on any atom is 0.315 e. The van der Waals surface area contributed by atoms with Crippen molar-refractivity contribution in [2.45, 2.75) is 26.4 Å². The number of carbonyl (C=O) groups is 1. The van der Waals surface area contributed by atoms with Crippen LogP contribution in [0.2, 0.25) is 0 Å².